The van der Waals surface area contributed by atoms with Gasteiger partial charge in [0.15, 0.2) is 0 Å². The van der Waals surface area contributed by atoms with Crippen molar-refractivity contribution < 1.29 is 0 Å². The fraction of sp³-hybridized carbons (Fsp3) is 0.182. The highest BCUT2D eigenvalue weighted by Crippen LogP contribution is 2.17. The first-order valence-electron chi connectivity index (χ1n) is 4.77. The minimum Gasteiger partial charge on any atom is -0.412 e. The summed E-state index contributed by atoms with van der Waals surface area (Å²) in [6.45, 7) is 0.796. The van der Waals surface area contributed by atoms with Gasteiger partial charge >= 0.3 is 0 Å². The Balaban J connectivity index is 2.11. The average Bonchev–Trinajstić information content (AvgIpc) is 2.62. The van der Waals surface area contributed by atoms with Crippen LogP contribution >= 0.6 is 12.2 Å². The van der Waals surface area contributed by atoms with E-state index in [1.807, 2.05) is 18.3 Å². The molecule has 0 saturated heterocycles. The highest BCUT2D eigenvalue weighted by Gasteiger charge is 2.01. The maximum atomic E-state index is 4.78. The molecule has 0 fully saturated rings. The minimum absolute atomic E-state index is 0.440. The van der Waals surface area contributed by atoms with Gasteiger partial charge in [-0.1, -0.05) is 22.5 Å². The van der Waals surface area contributed by atoms with Gasteiger partial charge in [-0.15, -0.1) is 0 Å². The second-order valence-corrected chi connectivity index (χ2v) is 4.40. The lowest BCUT2D eigenvalue weighted by Crippen LogP contribution is -2.21. The lowest BCUT2D eigenvalue weighted by Gasteiger charge is -2.08. The van der Waals surface area contributed by atoms with Gasteiger partial charge in [-0.05, 0) is 18.1 Å². The first-order chi connectivity index (χ1) is 7.27. The number of thiocarbonyl (C=S) groups is 1. The summed E-state index contributed by atoms with van der Waals surface area (Å²) in [5, 5.41) is 4.25. The van der Waals surface area contributed by atoms with Gasteiger partial charge in [0.1, 0.15) is 0 Å². The summed E-state index contributed by atoms with van der Waals surface area (Å²) in [4.78, 5) is 3.24. The molecule has 1 aromatic heterocycles. The van der Waals surface area contributed by atoms with Crippen molar-refractivity contribution in [3.63, 3.8) is 0 Å². The van der Waals surface area contributed by atoms with Crippen LogP contribution in [0.5, 0.6) is 0 Å². The zero-order valence-electron chi connectivity index (χ0n) is 8.12. The third-order valence-electron chi connectivity index (χ3n) is 2.34. The highest BCUT2D eigenvalue weighted by molar-refractivity contribution is 8.00. The summed E-state index contributed by atoms with van der Waals surface area (Å²) < 4.78 is 0.440. The van der Waals surface area contributed by atoms with Gasteiger partial charge in [0, 0.05) is 23.6 Å². The second-order valence-electron chi connectivity index (χ2n) is 3.32. The van der Waals surface area contributed by atoms with Crippen molar-refractivity contribution in [3.8, 4) is 0 Å². The number of H-pyrrole nitrogens is 1. The number of hydrogen-bond acceptors (Lipinski definition) is 2. The minimum atomic E-state index is 0.440. The molecule has 0 aliphatic heterocycles. The van der Waals surface area contributed by atoms with Crippen molar-refractivity contribution >= 4 is 40.1 Å². The highest BCUT2D eigenvalue weighted by atomic mass is 32.1. The van der Waals surface area contributed by atoms with Crippen LogP contribution in [0.25, 0.3) is 10.9 Å². The van der Waals surface area contributed by atoms with Gasteiger partial charge in [0.2, 0.25) is 0 Å². The van der Waals surface area contributed by atoms with Crippen molar-refractivity contribution in [1.82, 2.24) is 10.3 Å². The summed E-state index contributed by atoms with van der Waals surface area (Å²) in [5.74, 6) is 0. The zero-order chi connectivity index (χ0) is 10.7. The summed E-state index contributed by atoms with van der Waals surface area (Å²) in [7, 11) is 0. The molecule has 0 amide bonds. The van der Waals surface area contributed by atoms with Crippen molar-refractivity contribution in [2.75, 3.05) is 6.54 Å². The Kier molecular flexibility index (Phi) is 3.18. The molecule has 0 unspecified atom stereocenters. The van der Waals surface area contributed by atoms with Gasteiger partial charge in [-0.3, -0.25) is 0 Å². The van der Waals surface area contributed by atoms with Crippen LogP contribution in [0.2, 0.25) is 0 Å². The topological polar surface area (TPSA) is 27.8 Å². The fourth-order valence-electron chi connectivity index (χ4n) is 1.64. The van der Waals surface area contributed by atoms with Crippen molar-refractivity contribution in [3.05, 3.63) is 36.0 Å². The summed E-state index contributed by atoms with van der Waals surface area (Å²) >= 11 is 9.56. The molecule has 78 valence electrons. The van der Waals surface area contributed by atoms with E-state index in [9.17, 15) is 0 Å². The van der Waals surface area contributed by atoms with Crippen LogP contribution in [0.4, 0.5) is 0 Å². The molecular weight excluding hydrogens is 224 g/mol. The maximum absolute atomic E-state index is 4.78. The van der Waals surface area contributed by atoms with Gasteiger partial charge in [0.25, 0.3) is 0 Å². The normalized spacial score (nSPS) is 10.4. The molecule has 2 aromatic rings. The predicted molar refractivity (Wildman–Crippen MR) is 70.0 cm³/mol. The van der Waals surface area contributed by atoms with Crippen molar-refractivity contribution in [1.29, 1.82) is 0 Å². The molecule has 15 heavy (non-hydrogen) atoms. The van der Waals surface area contributed by atoms with Crippen LogP contribution < -0.4 is 5.32 Å². The van der Waals surface area contributed by atoms with Crippen LogP contribution in [-0.4, -0.2) is 15.8 Å². The Morgan fingerprint density at radius 1 is 1.40 bits per heavy atom. The van der Waals surface area contributed by atoms with E-state index < -0.39 is 0 Å². The molecule has 1 heterocycles. The molecule has 0 spiro atoms. The number of fused-ring (bicyclic) bond motifs is 1. The average molecular weight is 235 g/mol. The van der Waals surface area contributed by atoms with Gasteiger partial charge in [0.05, 0.1) is 0 Å². The number of para-hydroxylation sites is 1. The van der Waals surface area contributed by atoms with Gasteiger partial charge in [-0.25, -0.2) is 0 Å². The first-order valence-corrected chi connectivity index (χ1v) is 5.59. The third-order valence-corrected chi connectivity index (χ3v) is 2.63. The van der Waals surface area contributed by atoms with E-state index in [-0.39, 0.29) is 0 Å². The van der Waals surface area contributed by atoms with E-state index in [0.29, 0.717) is 4.32 Å². The Morgan fingerprint density at radius 3 is 3.00 bits per heavy atom. The molecule has 0 atom stereocenters. The predicted octanol–water partition coefficient (Wildman–Crippen LogP) is 2.13. The van der Waals surface area contributed by atoms with Gasteiger partial charge in [-0.2, -0.15) is 0 Å². The molecule has 1 aromatic carbocycles. The number of benzene rings is 1. The van der Waals surface area contributed by atoms with Crippen LogP contribution in [0.3, 0.4) is 0 Å². The molecular formula is C11H11N2S2-. The van der Waals surface area contributed by atoms with E-state index in [1.165, 1.54) is 16.5 Å². The van der Waals surface area contributed by atoms with Crippen molar-refractivity contribution in [2.45, 2.75) is 6.42 Å². The van der Waals surface area contributed by atoms with E-state index in [1.54, 1.807) is 0 Å². The van der Waals surface area contributed by atoms with Crippen molar-refractivity contribution in [2.24, 2.45) is 0 Å². The molecule has 0 aliphatic carbocycles. The molecule has 0 saturated carbocycles. The van der Waals surface area contributed by atoms with E-state index >= 15 is 0 Å². The SMILES string of the molecule is S=C([S-])NCCc1c[nH]c2ccccc12. The second kappa shape index (κ2) is 4.59. The Morgan fingerprint density at radius 2 is 2.20 bits per heavy atom. The maximum Gasteiger partial charge on any atom is 0.0456 e. The first kappa shape index (κ1) is 10.4. The van der Waals surface area contributed by atoms with Crippen LogP contribution in [-0.2, 0) is 19.0 Å². The smallest absolute Gasteiger partial charge is 0.0456 e. The lowest BCUT2D eigenvalue weighted by molar-refractivity contribution is 0.888. The van der Waals surface area contributed by atoms with Crippen LogP contribution in [0.15, 0.2) is 30.5 Å². The van der Waals surface area contributed by atoms with E-state index in [2.05, 4.69) is 22.4 Å². The van der Waals surface area contributed by atoms with Crippen LogP contribution in [0.1, 0.15) is 5.56 Å². The molecule has 0 radical (unpaired) electrons. The number of aromatic nitrogens is 1. The lowest BCUT2D eigenvalue weighted by atomic mass is 10.1. The Labute approximate surface area is 99.5 Å². The zero-order valence-corrected chi connectivity index (χ0v) is 9.75. The number of aromatic amines is 1. The largest absolute Gasteiger partial charge is 0.412 e. The fourth-order valence-corrected chi connectivity index (χ4v) is 1.84. The summed E-state index contributed by atoms with van der Waals surface area (Å²) in [6.07, 6.45) is 2.97. The molecule has 2 N–H and O–H groups in total. The Hall–Kier alpha value is -1.13. The molecule has 2 rings (SSSR count). The molecule has 2 nitrogen and oxygen atoms in total. The van der Waals surface area contributed by atoms with E-state index in [4.69, 9.17) is 24.8 Å². The van der Waals surface area contributed by atoms with Crippen LogP contribution in [0, 0.1) is 0 Å². The number of hydrogen-bond donors (Lipinski definition) is 2. The monoisotopic (exact) mass is 235 g/mol. The molecule has 0 bridgehead atoms. The quantitative estimate of drug-likeness (QED) is 0.630. The number of nitrogens with one attached hydrogen (secondary N) is 2. The Bertz CT molecular complexity index is 476. The number of rotatable bonds is 3. The summed E-state index contributed by atoms with van der Waals surface area (Å²) in [6, 6.07) is 8.27. The third kappa shape index (κ3) is 2.46. The van der Waals surface area contributed by atoms with Gasteiger partial charge < -0.3 is 35.1 Å². The van der Waals surface area contributed by atoms with E-state index in [0.717, 1.165) is 13.0 Å². The molecule has 4 heteroatoms. The standard InChI is InChI=1S/C11H12N2S2/c14-11(15)12-6-5-8-7-13-10-4-2-1-3-9(8)10/h1-4,7,13H,5-6H2,(H2,12,14,15)/p-1. The molecule has 0 aliphatic rings. The summed E-state index contributed by atoms with van der Waals surface area (Å²) in [5.41, 5.74) is 2.47.